The van der Waals surface area contributed by atoms with Gasteiger partial charge in [-0.05, 0) is 23.5 Å². The molecule has 2 saturated heterocycles. The van der Waals surface area contributed by atoms with Crippen molar-refractivity contribution in [1.29, 1.82) is 0 Å². The number of alkyl halides is 3. The van der Waals surface area contributed by atoms with E-state index in [4.69, 9.17) is 5.84 Å². The Morgan fingerprint density at radius 1 is 1.41 bits per heavy atom. The summed E-state index contributed by atoms with van der Waals surface area (Å²) in [4.78, 5) is 18.3. The zero-order valence-electron chi connectivity index (χ0n) is 15.4. The molecule has 0 radical (unpaired) electrons. The number of hydrazine groups is 1. The number of nitrogens with one attached hydrogen (secondary N) is 1. The molecule has 3 atom stereocenters. The standard InChI is InChI=1S/C17H24F3N5O2/c1-15(2,3)16-6-11(8-25(16)14(26)27)24(9-16)13(17(18,19)20)10-4-5-12(23-21)22-7-10/h4-5,7,11,13H,6,8-9,21H2,1-3H3,(H,22,23)(H,26,27)/t11-,13+,16+/m0/s1. The molecule has 4 N–H and O–H groups in total. The number of hydrogen-bond donors (Lipinski definition) is 3. The molecule has 1 aromatic rings. The molecule has 1 amide bonds. The molecular weight excluding hydrogens is 363 g/mol. The van der Waals surface area contributed by atoms with Crippen molar-refractivity contribution >= 4 is 11.9 Å². The van der Waals surface area contributed by atoms with Crippen molar-refractivity contribution in [2.24, 2.45) is 11.3 Å². The molecule has 1 aromatic heterocycles. The third-order valence-corrected chi connectivity index (χ3v) is 5.92. The van der Waals surface area contributed by atoms with Crippen molar-refractivity contribution in [3.63, 3.8) is 0 Å². The van der Waals surface area contributed by atoms with Crippen LogP contribution in [0.1, 0.15) is 38.8 Å². The molecule has 0 spiro atoms. The van der Waals surface area contributed by atoms with Crippen LogP contribution in [0.4, 0.5) is 23.8 Å². The SMILES string of the molecule is CC(C)(C)[C@]12C[C@@H](CN1C(=O)O)N([C@H](c1ccc(NN)nc1)C(F)(F)F)C2. The topological polar surface area (TPSA) is 94.7 Å². The van der Waals surface area contributed by atoms with E-state index in [1.165, 1.54) is 21.9 Å². The van der Waals surface area contributed by atoms with Crippen LogP contribution < -0.4 is 11.3 Å². The quantitative estimate of drug-likeness (QED) is 0.545. The van der Waals surface area contributed by atoms with E-state index in [0.29, 0.717) is 6.42 Å². The highest BCUT2D eigenvalue weighted by molar-refractivity contribution is 5.67. The third-order valence-electron chi connectivity index (χ3n) is 5.92. The van der Waals surface area contributed by atoms with Gasteiger partial charge in [-0.15, -0.1) is 0 Å². The summed E-state index contributed by atoms with van der Waals surface area (Å²) in [5.74, 6) is 5.51. The smallest absolute Gasteiger partial charge is 0.408 e. The van der Waals surface area contributed by atoms with Gasteiger partial charge < -0.3 is 10.5 Å². The minimum atomic E-state index is -4.52. The normalized spacial score (nSPS) is 27.1. The Morgan fingerprint density at radius 2 is 2.07 bits per heavy atom. The molecule has 0 saturated carbocycles. The van der Waals surface area contributed by atoms with Gasteiger partial charge in [0.15, 0.2) is 0 Å². The molecule has 3 rings (SSSR count). The lowest BCUT2D eigenvalue weighted by Gasteiger charge is -2.49. The Balaban J connectivity index is 2.00. The van der Waals surface area contributed by atoms with Gasteiger partial charge in [0, 0.05) is 25.3 Å². The number of carbonyl (C=O) groups is 1. The van der Waals surface area contributed by atoms with Gasteiger partial charge in [-0.1, -0.05) is 26.8 Å². The molecule has 10 heteroatoms. The molecule has 0 aromatic carbocycles. The zero-order chi connectivity index (χ0) is 20.2. The number of rotatable bonds is 3. The maximum atomic E-state index is 14.0. The molecule has 3 heterocycles. The third kappa shape index (κ3) is 3.10. The van der Waals surface area contributed by atoms with E-state index in [1.807, 2.05) is 20.8 Å². The van der Waals surface area contributed by atoms with Crippen LogP contribution in [0.3, 0.4) is 0 Å². The summed E-state index contributed by atoms with van der Waals surface area (Å²) in [6.07, 6.45) is -4.06. The molecule has 27 heavy (non-hydrogen) atoms. The first-order chi connectivity index (χ1) is 12.4. The number of nitrogen functional groups attached to an aromatic ring is 1. The molecule has 2 aliphatic rings. The second kappa shape index (κ2) is 6.23. The lowest BCUT2D eigenvalue weighted by Crippen LogP contribution is -2.62. The summed E-state index contributed by atoms with van der Waals surface area (Å²) in [7, 11) is 0. The van der Waals surface area contributed by atoms with E-state index >= 15 is 0 Å². The van der Waals surface area contributed by atoms with Crippen molar-refractivity contribution < 1.29 is 23.1 Å². The summed E-state index contributed by atoms with van der Waals surface area (Å²) < 4.78 is 42.0. The van der Waals surface area contributed by atoms with Gasteiger partial charge in [0.05, 0.1) is 5.54 Å². The van der Waals surface area contributed by atoms with Crippen LogP contribution >= 0.6 is 0 Å². The lowest BCUT2D eigenvalue weighted by atomic mass is 9.73. The number of amides is 1. The van der Waals surface area contributed by atoms with E-state index in [1.54, 1.807) is 0 Å². The number of nitrogens with zero attached hydrogens (tertiary/aromatic N) is 3. The lowest BCUT2D eigenvalue weighted by molar-refractivity contribution is -0.195. The average molecular weight is 387 g/mol. The van der Waals surface area contributed by atoms with Gasteiger partial charge in [0.2, 0.25) is 0 Å². The zero-order valence-corrected chi connectivity index (χ0v) is 15.4. The number of pyridine rings is 1. The van der Waals surface area contributed by atoms with Crippen molar-refractivity contribution in [1.82, 2.24) is 14.8 Å². The first kappa shape index (κ1) is 19.7. The Bertz CT molecular complexity index is 719. The number of anilines is 1. The summed E-state index contributed by atoms with van der Waals surface area (Å²) >= 11 is 0. The van der Waals surface area contributed by atoms with Gasteiger partial charge in [-0.25, -0.2) is 15.6 Å². The Kier molecular flexibility index (Phi) is 4.54. The Hall–Kier alpha value is -2.07. The minimum Gasteiger partial charge on any atom is -0.465 e. The second-order valence-corrected chi connectivity index (χ2v) is 8.27. The molecule has 0 aliphatic carbocycles. The van der Waals surface area contributed by atoms with Crippen molar-refractivity contribution in [2.45, 2.75) is 51.0 Å². The van der Waals surface area contributed by atoms with Crippen LogP contribution in [0.5, 0.6) is 0 Å². The predicted molar refractivity (Wildman–Crippen MR) is 92.9 cm³/mol. The summed E-state index contributed by atoms with van der Waals surface area (Å²) in [6, 6.07) is 0.401. The molecule has 7 nitrogen and oxygen atoms in total. The fourth-order valence-electron chi connectivity index (χ4n) is 4.49. The average Bonchev–Trinajstić information content (AvgIpc) is 3.11. The number of aromatic nitrogens is 1. The first-order valence-corrected chi connectivity index (χ1v) is 8.66. The number of piperazine rings is 1. The molecule has 150 valence electrons. The number of carboxylic acid groups (broad SMARTS) is 1. The maximum Gasteiger partial charge on any atom is 0.408 e. The monoisotopic (exact) mass is 387 g/mol. The van der Waals surface area contributed by atoms with Crippen LogP contribution in [-0.2, 0) is 0 Å². The summed E-state index contributed by atoms with van der Waals surface area (Å²) in [6.45, 7) is 5.71. The van der Waals surface area contributed by atoms with Gasteiger partial charge in [0.25, 0.3) is 0 Å². The van der Waals surface area contributed by atoms with Crippen LogP contribution in [0, 0.1) is 5.41 Å². The van der Waals surface area contributed by atoms with Crippen LogP contribution in [0.15, 0.2) is 18.3 Å². The minimum absolute atomic E-state index is 0.0139. The number of nitrogens with two attached hydrogens (primary N) is 1. The highest BCUT2D eigenvalue weighted by Gasteiger charge is 2.65. The number of halogens is 3. The number of hydrogen-bond acceptors (Lipinski definition) is 5. The first-order valence-electron chi connectivity index (χ1n) is 8.66. The van der Waals surface area contributed by atoms with Gasteiger partial charge in [-0.2, -0.15) is 13.2 Å². The van der Waals surface area contributed by atoms with Crippen LogP contribution in [0.2, 0.25) is 0 Å². The van der Waals surface area contributed by atoms with Crippen LogP contribution in [-0.4, -0.2) is 56.8 Å². The fraction of sp³-hybridized carbons (Fsp3) is 0.647. The molecule has 2 bridgehead atoms. The molecule has 0 unspecified atom stereocenters. The van der Waals surface area contributed by atoms with E-state index < -0.39 is 35.3 Å². The fourth-order valence-corrected chi connectivity index (χ4v) is 4.49. The van der Waals surface area contributed by atoms with Gasteiger partial charge in [-0.3, -0.25) is 9.80 Å². The van der Waals surface area contributed by atoms with Crippen molar-refractivity contribution in [2.75, 3.05) is 18.5 Å². The van der Waals surface area contributed by atoms with E-state index in [9.17, 15) is 23.1 Å². The maximum absolute atomic E-state index is 14.0. The van der Waals surface area contributed by atoms with Gasteiger partial charge >= 0.3 is 12.3 Å². The molecule has 2 aliphatic heterocycles. The summed E-state index contributed by atoms with van der Waals surface area (Å²) in [5, 5.41) is 9.58. The molecule has 2 fully saturated rings. The largest absolute Gasteiger partial charge is 0.465 e. The van der Waals surface area contributed by atoms with Crippen LogP contribution in [0.25, 0.3) is 0 Å². The Labute approximate surface area is 155 Å². The Morgan fingerprint density at radius 3 is 2.52 bits per heavy atom. The molecular formula is C17H24F3N5O2. The van der Waals surface area contributed by atoms with Crippen molar-refractivity contribution in [3.8, 4) is 0 Å². The van der Waals surface area contributed by atoms with Gasteiger partial charge in [0.1, 0.15) is 11.9 Å². The highest BCUT2D eigenvalue weighted by Crippen LogP contribution is 2.54. The predicted octanol–water partition coefficient (Wildman–Crippen LogP) is 2.82. The highest BCUT2D eigenvalue weighted by atomic mass is 19.4. The van der Waals surface area contributed by atoms with E-state index in [0.717, 1.165) is 6.20 Å². The number of likely N-dealkylation sites (tertiary alicyclic amines) is 2. The number of fused-ring (bicyclic) bond motifs is 2. The van der Waals surface area contributed by atoms with Crippen molar-refractivity contribution in [3.05, 3.63) is 23.9 Å². The summed E-state index contributed by atoms with van der Waals surface area (Å²) in [5.41, 5.74) is 0.943. The second-order valence-electron chi connectivity index (χ2n) is 8.27. The van der Waals surface area contributed by atoms with E-state index in [2.05, 4.69) is 10.4 Å². The van der Waals surface area contributed by atoms with E-state index in [-0.39, 0.29) is 24.5 Å².